The highest BCUT2D eigenvalue weighted by atomic mass is 35.7. The molecule has 16 heavy (non-hydrogen) atoms. The third kappa shape index (κ3) is 2.90. The molecule has 1 N–H and O–H groups in total. The number of hydrogen-bond acceptors (Lipinski definition) is 2. The van der Waals surface area contributed by atoms with Crippen LogP contribution in [-0.4, -0.2) is 19.2 Å². The van der Waals surface area contributed by atoms with Crippen molar-refractivity contribution in [1.82, 2.24) is 4.98 Å². The van der Waals surface area contributed by atoms with E-state index in [9.17, 15) is 8.42 Å². The van der Waals surface area contributed by atoms with Crippen LogP contribution in [0.4, 0.5) is 0 Å². The van der Waals surface area contributed by atoms with Crippen LogP contribution < -0.4 is 0 Å². The number of aromatic nitrogens is 1. The highest BCUT2D eigenvalue weighted by Crippen LogP contribution is 2.20. The molecular formula is C10H9Cl2NO2S. The lowest BCUT2D eigenvalue weighted by Crippen LogP contribution is -2.00. The number of H-pyrrole nitrogens is 1. The Labute approximate surface area is 103 Å². The number of nitrogens with one attached hydrogen (secondary N) is 1. The number of fused-ring (bicyclic) bond motifs is 1. The molecular weight excluding hydrogens is 269 g/mol. The molecule has 0 atom stereocenters. The molecule has 0 fully saturated rings. The fourth-order valence-electron chi connectivity index (χ4n) is 1.53. The van der Waals surface area contributed by atoms with Gasteiger partial charge >= 0.3 is 0 Å². The van der Waals surface area contributed by atoms with Gasteiger partial charge in [-0.1, -0.05) is 11.6 Å². The number of aromatic amines is 1. The smallest absolute Gasteiger partial charge is 0.232 e. The summed E-state index contributed by atoms with van der Waals surface area (Å²) >= 11 is 5.85. The van der Waals surface area contributed by atoms with E-state index in [1.54, 1.807) is 6.07 Å². The van der Waals surface area contributed by atoms with Gasteiger partial charge in [0.15, 0.2) is 0 Å². The Morgan fingerprint density at radius 3 is 2.69 bits per heavy atom. The Kier molecular flexibility index (Phi) is 3.15. The summed E-state index contributed by atoms with van der Waals surface area (Å²) in [6.07, 6.45) is 0.373. The summed E-state index contributed by atoms with van der Waals surface area (Å²) in [6, 6.07) is 7.34. The largest absolute Gasteiger partial charge is 0.358 e. The summed E-state index contributed by atoms with van der Waals surface area (Å²) in [4.78, 5) is 3.11. The fraction of sp³-hybridized carbons (Fsp3) is 0.200. The highest BCUT2D eigenvalue weighted by molar-refractivity contribution is 8.13. The molecule has 2 aromatic rings. The zero-order valence-electron chi connectivity index (χ0n) is 8.20. The second-order valence-corrected chi connectivity index (χ2v) is 6.85. The van der Waals surface area contributed by atoms with Gasteiger partial charge in [0, 0.05) is 38.7 Å². The monoisotopic (exact) mass is 277 g/mol. The molecule has 0 aliphatic rings. The zero-order valence-corrected chi connectivity index (χ0v) is 10.5. The first-order chi connectivity index (χ1) is 7.44. The van der Waals surface area contributed by atoms with Crippen molar-refractivity contribution in [2.75, 3.05) is 5.75 Å². The standard InChI is InChI=1S/C10H9Cl2NO2S/c11-8-1-2-10-7(5-8)6-9(13-10)3-4-16(12,14)15/h1-2,5-6,13H,3-4H2. The molecule has 0 saturated heterocycles. The van der Waals surface area contributed by atoms with Crippen LogP contribution >= 0.6 is 22.3 Å². The lowest BCUT2D eigenvalue weighted by molar-refractivity contribution is 0.608. The second-order valence-electron chi connectivity index (χ2n) is 3.52. The first-order valence-corrected chi connectivity index (χ1v) is 7.49. The Hall–Kier alpha value is -0.710. The van der Waals surface area contributed by atoms with Crippen LogP contribution in [-0.2, 0) is 15.5 Å². The molecule has 1 aromatic heterocycles. The molecule has 6 heteroatoms. The molecule has 1 heterocycles. The topological polar surface area (TPSA) is 49.9 Å². The lowest BCUT2D eigenvalue weighted by Gasteiger charge is -1.93. The molecule has 0 aliphatic heterocycles. The van der Waals surface area contributed by atoms with Crippen LogP contribution in [0, 0.1) is 0 Å². The molecule has 0 saturated carbocycles. The van der Waals surface area contributed by atoms with Gasteiger partial charge in [-0.15, -0.1) is 0 Å². The van der Waals surface area contributed by atoms with Crippen molar-refractivity contribution in [2.24, 2.45) is 0 Å². The summed E-state index contributed by atoms with van der Waals surface area (Å²) in [6.45, 7) is 0. The number of hydrogen-bond donors (Lipinski definition) is 1. The number of benzene rings is 1. The normalized spacial score (nSPS) is 12.1. The maximum Gasteiger partial charge on any atom is 0.232 e. The van der Waals surface area contributed by atoms with Gasteiger partial charge in [-0.25, -0.2) is 8.42 Å². The maximum absolute atomic E-state index is 10.8. The summed E-state index contributed by atoms with van der Waals surface area (Å²) in [5, 5.41) is 1.62. The summed E-state index contributed by atoms with van der Waals surface area (Å²) < 4.78 is 21.6. The van der Waals surface area contributed by atoms with E-state index >= 15 is 0 Å². The van der Waals surface area contributed by atoms with Crippen molar-refractivity contribution in [3.8, 4) is 0 Å². The first kappa shape index (κ1) is 11.8. The third-order valence-corrected chi connectivity index (χ3v) is 3.64. The van der Waals surface area contributed by atoms with Gasteiger partial charge in [-0.05, 0) is 24.3 Å². The summed E-state index contributed by atoms with van der Waals surface area (Å²) in [5.74, 6) is -0.0743. The molecule has 0 radical (unpaired) electrons. The Morgan fingerprint density at radius 1 is 1.25 bits per heavy atom. The molecule has 0 unspecified atom stereocenters. The van der Waals surface area contributed by atoms with Gasteiger partial charge in [0.1, 0.15) is 0 Å². The van der Waals surface area contributed by atoms with E-state index in [-0.39, 0.29) is 5.75 Å². The van der Waals surface area contributed by atoms with Crippen molar-refractivity contribution >= 4 is 42.2 Å². The molecule has 0 spiro atoms. The number of halogens is 2. The zero-order chi connectivity index (χ0) is 11.8. The van der Waals surface area contributed by atoms with E-state index in [4.69, 9.17) is 22.3 Å². The molecule has 0 bridgehead atoms. The van der Waals surface area contributed by atoms with Gasteiger partial charge < -0.3 is 4.98 Å². The van der Waals surface area contributed by atoms with Crippen molar-refractivity contribution < 1.29 is 8.42 Å². The predicted octanol–water partition coefficient (Wildman–Crippen LogP) is 2.93. The number of rotatable bonds is 3. The van der Waals surface area contributed by atoms with E-state index in [2.05, 4.69) is 4.98 Å². The minimum atomic E-state index is -3.44. The highest BCUT2D eigenvalue weighted by Gasteiger charge is 2.07. The van der Waals surface area contributed by atoms with Gasteiger partial charge in [0.2, 0.25) is 9.05 Å². The minimum Gasteiger partial charge on any atom is -0.358 e. The minimum absolute atomic E-state index is 0.0743. The van der Waals surface area contributed by atoms with Gasteiger partial charge in [-0.3, -0.25) is 0 Å². The van der Waals surface area contributed by atoms with Gasteiger partial charge in [0.25, 0.3) is 0 Å². The van der Waals surface area contributed by atoms with E-state index in [0.29, 0.717) is 11.4 Å². The summed E-state index contributed by atoms with van der Waals surface area (Å²) in [7, 11) is 1.70. The van der Waals surface area contributed by atoms with Crippen LogP contribution in [0.1, 0.15) is 5.69 Å². The molecule has 86 valence electrons. The molecule has 3 nitrogen and oxygen atoms in total. The van der Waals surface area contributed by atoms with Crippen LogP contribution in [0.2, 0.25) is 5.02 Å². The average molecular weight is 278 g/mol. The van der Waals surface area contributed by atoms with Crippen molar-refractivity contribution in [3.05, 3.63) is 35.0 Å². The van der Waals surface area contributed by atoms with E-state index in [1.165, 1.54) is 0 Å². The van der Waals surface area contributed by atoms with Crippen LogP contribution in [0.3, 0.4) is 0 Å². The van der Waals surface area contributed by atoms with Crippen molar-refractivity contribution in [1.29, 1.82) is 0 Å². The van der Waals surface area contributed by atoms with Crippen LogP contribution in [0.5, 0.6) is 0 Å². The first-order valence-electron chi connectivity index (χ1n) is 4.63. The second kappa shape index (κ2) is 4.28. The number of aryl methyl sites for hydroxylation is 1. The Balaban J connectivity index is 2.26. The SMILES string of the molecule is O=S(=O)(Cl)CCc1cc2cc(Cl)ccc2[nH]1. The van der Waals surface area contributed by atoms with Crippen LogP contribution in [0.25, 0.3) is 10.9 Å². The lowest BCUT2D eigenvalue weighted by atomic mass is 10.2. The van der Waals surface area contributed by atoms with E-state index in [0.717, 1.165) is 16.6 Å². The van der Waals surface area contributed by atoms with Crippen molar-refractivity contribution in [3.63, 3.8) is 0 Å². The average Bonchev–Trinajstić information content (AvgIpc) is 2.55. The summed E-state index contributed by atoms with van der Waals surface area (Å²) in [5.41, 5.74) is 1.77. The van der Waals surface area contributed by atoms with Crippen LogP contribution in [0.15, 0.2) is 24.3 Å². The van der Waals surface area contributed by atoms with Gasteiger partial charge in [-0.2, -0.15) is 0 Å². The van der Waals surface area contributed by atoms with Crippen molar-refractivity contribution in [2.45, 2.75) is 6.42 Å². The van der Waals surface area contributed by atoms with Gasteiger partial charge in [0.05, 0.1) is 5.75 Å². The fourth-order valence-corrected chi connectivity index (χ4v) is 2.41. The Bertz CT molecular complexity index is 619. The predicted molar refractivity (Wildman–Crippen MR) is 66.7 cm³/mol. The molecule has 0 amide bonds. The molecule has 0 aliphatic carbocycles. The maximum atomic E-state index is 10.8. The van der Waals surface area contributed by atoms with E-state index < -0.39 is 9.05 Å². The molecule has 2 rings (SSSR count). The Morgan fingerprint density at radius 2 is 2.00 bits per heavy atom. The van der Waals surface area contributed by atoms with E-state index in [1.807, 2.05) is 18.2 Å². The quantitative estimate of drug-likeness (QED) is 0.877. The third-order valence-electron chi connectivity index (χ3n) is 2.25. The molecule has 1 aromatic carbocycles.